The molecule has 0 radical (unpaired) electrons. The fraction of sp³-hybridized carbons (Fsp3) is 0.846. The number of hydrogen-bond donors (Lipinski definition) is 2. The summed E-state index contributed by atoms with van der Waals surface area (Å²) in [5.41, 5.74) is 0. The topological polar surface area (TPSA) is 118 Å². The second-order valence-electron chi connectivity index (χ2n) is 5.65. The number of hydrogen-bond acceptors (Lipinski definition) is 4. The quantitative estimate of drug-likeness (QED) is 0.601. The maximum absolute atomic E-state index is 11.9. The summed E-state index contributed by atoms with van der Waals surface area (Å²) in [5, 5.41) is 14.3. The molecule has 1 saturated heterocycles. The highest BCUT2D eigenvalue weighted by molar-refractivity contribution is 7.89. The van der Waals surface area contributed by atoms with Crippen molar-refractivity contribution >= 4 is 21.9 Å². The van der Waals surface area contributed by atoms with E-state index in [2.05, 4.69) is 6.92 Å². The molecule has 0 aromatic carbocycles. The third-order valence-corrected chi connectivity index (χ3v) is 4.63. The first kappa shape index (κ1) is 17.9. The van der Waals surface area contributed by atoms with Crippen molar-refractivity contribution in [1.29, 1.82) is 0 Å². The Kier molecular flexibility index (Phi) is 6.60. The van der Waals surface area contributed by atoms with E-state index < -0.39 is 28.0 Å². The first-order valence-electron chi connectivity index (χ1n) is 7.27. The number of likely N-dealkylation sites (tertiary alicyclic amines) is 1. The molecule has 7 nitrogen and oxygen atoms in total. The number of carboxylic acid groups (broad SMARTS) is 1. The van der Waals surface area contributed by atoms with Crippen LogP contribution in [0.4, 0.5) is 0 Å². The zero-order chi connectivity index (χ0) is 16.0. The van der Waals surface area contributed by atoms with Gasteiger partial charge in [-0.3, -0.25) is 4.79 Å². The average molecular weight is 320 g/mol. The predicted molar refractivity (Wildman–Crippen MR) is 78.0 cm³/mol. The maximum Gasteiger partial charge on any atom is 0.326 e. The minimum absolute atomic E-state index is 0.0508. The Hall–Kier alpha value is -1.15. The van der Waals surface area contributed by atoms with Crippen LogP contribution in [0.2, 0.25) is 0 Å². The van der Waals surface area contributed by atoms with Crippen molar-refractivity contribution in [1.82, 2.24) is 4.90 Å². The van der Waals surface area contributed by atoms with Gasteiger partial charge in [0, 0.05) is 18.9 Å². The number of sulfonamides is 1. The zero-order valence-electron chi connectivity index (χ0n) is 12.3. The molecule has 3 N–H and O–H groups in total. The van der Waals surface area contributed by atoms with Gasteiger partial charge in [0.2, 0.25) is 15.9 Å². The summed E-state index contributed by atoms with van der Waals surface area (Å²) < 4.78 is 22.2. The van der Waals surface area contributed by atoms with Crippen molar-refractivity contribution in [3.05, 3.63) is 0 Å². The highest BCUT2D eigenvalue weighted by Gasteiger charge is 2.38. The third-order valence-electron chi connectivity index (χ3n) is 3.70. The number of carbonyl (C=O) groups excluding carboxylic acids is 1. The van der Waals surface area contributed by atoms with Gasteiger partial charge in [0.1, 0.15) is 6.04 Å². The van der Waals surface area contributed by atoms with E-state index in [0.29, 0.717) is 6.42 Å². The van der Waals surface area contributed by atoms with E-state index in [1.807, 2.05) is 0 Å². The van der Waals surface area contributed by atoms with Crippen LogP contribution in [0.3, 0.4) is 0 Å². The molecule has 21 heavy (non-hydrogen) atoms. The Balaban J connectivity index is 2.62. The Labute approximate surface area is 125 Å². The molecule has 0 saturated carbocycles. The zero-order valence-corrected chi connectivity index (χ0v) is 13.1. The minimum Gasteiger partial charge on any atom is -0.480 e. The van der Waals surface area contributed by atoms with Gasteiger partial charge in [-0.25, -0.2) is 18.4 Å². The molecular weight excluding hydrogens is 296 g/mol. The van der Waals surface area contributed by atoms with E-state index in [-0.39, 0.29) is 24.6 Å². The molecular formula is C13H24N2O5S. The largest absolute Gasteiger partial charge is 0.480 e. The number of primary sulfonamides is 1. The average Bonchev–Trinajstić information content (AvgIpc) is 2.67. The fourth-order valence-corrected chi connectivity index (χ4v) is 3.61. The van der Waals surface area contributed by atoms with Crippen molar-refractivity contribution in [2.75, 3.05) is 12.3 Å². The van der Waals surface area contributed by atoms with Gasteiger partial charge in [-0.2, -0.15) is 0 Å². The minimum atomic E-state index is -3.65. The fourth-order valence-electron chi connectivity index (χ4n) is 2.73. The molecule has 122 valence electrons. The molecule has 1 aliphatic heterocycles. The van der Waals surface area contributed by atoms with Gasteiger partial charge < -0.3 is 10.0 Å². The number of rotatable bonds is 9. The number of aliphatic carboxylic acids is 1. The summed E-state index contributed by atoms with van der Waals surface area (Å²) in [6.45, 7) is 2.22. The molecule has 1 amide bonds. The van der Waals surface area contributed by atoms with Crippen LogP contribution >= 0.6 is 0 Å². The van der Waals surface area contributed by atoms with Crippen LogP contribution in [0.5, 0.6) is 0 Å². The molecule has 1 heterocycles. The smallest absolute Gasteiger partial charge is 0.326 e. The van der Waals surface area contributed by atoms with Gasteiger partial charge in [0.15, 0.2) is 0 Å². The van der Waals surface area contributed by atoms with Crippen molar-refractivity contribution in [3.8, 4) is 0 Å². The van der Waals surface area contributed by atoms with Gasteiger partial charge in [0.25, 0.3) is 0 Å². The van der Waals surface area contributed by atoms with E-state index in [1.54, 1.807) is 0 Å². The lowest BCUT2D eigenvalue weighted by Crippen LogP contribution is -2.42. The third kappa shape index (κ3) is 6.01. The monoisotopic (exact) mass is 320 g/mol. The molecule has 0 aliphatic carbocycles. The summed E-state index contributed by atoms with van der Waals surface area (Å²) in [4.78, 5) is 24.6. The van der Waals surface area contributed by atoms with Crippen LogP contribution in [-0.4, -0.2) is 48.6 Å². The lowest BCUT2D eigenvalue weighted by atomic mass is 10.1. The van der Waals surface area contributed by atoms with Gasteiger partial charge in [-0.15, -0.1) is 0 Å². The number of unbranched alkanes of at least 4 members (excludes halogenated alkanes) is 3. The maximum atomic E-state index is 11.9. The number of amides is 1. The molecule has 2 unspecified atom stereocenters. The Morgan fingerprint density at radius 2 is 2.10 bits per heavy atom. The molecule has 1 fully saturated rings. The normalized spacial score (nSPS) is 20.8. The molecule has 1 rings (SSSR count). The van der Waals surface area contributed by atoms with Crippen LogP contribution < -0.4 is 5.14 Å². The molecule has 2 atom stereocenters. The number of carbonyl (C=O) groups is 2. The highest BCUT2D eigenvalue weighted by Crippen LogP contribution is 2.24. The summed E-state index contributed by atoms with van der Waals surface area (Å²) >= 11 is 0. The Morgan fingerprint density at radius 1 is 1.43 bits per heavy atom. The van der Waals surface area contributed by atoms with Crippen LogP contribution in [0, 0.1) is 5.92 Å². The second kappa shape index (κ2) is 7.74. The SMILES string of the molecule is CCCCCCC(C(=O)O)N1CC(CS(N)(=O)=O)CC1=O. The van der Waals surface area contributed by atoms with Crippen molar-refractivity contribution in [3.63, 3.8) is 0 Å². The highest BCUT2D eigenvalue weighted by atomic mass is 32.2. The van der Waals surface area contributed by atoms with Gasteiger partial charge in [-0.1, -0.05) is 32.6 Å². The first-order valence-corrected chi connectivity index (χ1v) is 8.99. The number of nitrogens with zero attached hydrogens (tertiary/aromatic N) is 1. The van der Waals surface area contributed by atoms with Crippen molar-refractivity contribution in [2.45, 2.75) is 51.5 Å². The second-order valence-corrected chi connectivity index (χ2v) is 7.31. The number of nitrogens with two attached hydrogens (primary N) is 1. The molecule has 0 spiro atoms. The summed E-state index contributed by atoms with van der Waals surface area (Å²) in [5.74, 6) is -2.02. The molecule has 0 bridgehead atoms. The standard InChI is InChI=1S/C13H24N2O5S/c1-2-3-4-5-6-11(13(17)18)15-8-10(7-12(15)16)9-21(14,19)20/h10-11H,2-9H2,1H3,(H,17,18)(H2,14,19,20). The number of carboxylic acids is 1. The summed E-state index contributed by atoms with van der Waals surface area (Å²) in [7, 11) is -3.65. The predicted octanol–water partition coefficient (Wildman–Crippen LogP) is 0.547. The van der Waals surface area contributed by atoms with Crippen molar-refractivity contribution < 1.29 is 23.1 Å². The van der Waals surface area contributed by atoms with Crippen LogP contribution in [0.1, 0.15) is 45.4 Å². The summed E-state index contributed by atoms with van der Waals surface area (Å²) in [6, 6.07) is -0.861. The van der Waals surface area contributed by atoms with Gasteiger partial charge >= 0.3 is 5.97 Å². The van der Waals surface area contributed by atoms with Gasteiger partial charge in [-0.05, 0) is 6.42 Å². The lowest BCUT2D eigenvalue weighted by molar-refractivity contribution is -0.148. The van der Waals surface area contributed by atoms with E-state index in [4.69, 9.17) is 5.14 Å². The molecule has 0 aromatic heterocycles. The van der Waals surface area contributed by atoms with Gasteiger partial charge in [0.05, 0.1) is 5.75 Å². The Morgan fingerprint density at radius 3 is 2.62 bits per heavy atom. The van der Waals surface area contributed by atoms with E-state index >= 15 is 0 Å². The molecule has 8 heteroatoms. The molecule has 1 aliphatic rings. The van der Waals surface area contributed by atoms with E-state index in [0.717, 1.165) is 25.7 Å². The van der Waals surface area contributed by atoms with Crippen LogP contribution in [0.15, 0.2) is 0 Å². The molecule has 0 aromatic rings. The van der Waals surface area contributed by atoms with Crippen LogP contribution in [-0.2, 0) is 19.6 Å². The van der Waals surface area contributed by atoms with E-state index in [1.165, 1.54) is 4.90 Å². The first-order chi connectivity index (χ1) is 9.74. The lowest BCUT2D eigenvalue weighted by Gasteiger charge is -2.24. The van der Waals surface area contributed by atoms with E-state index in [9.17, 15) is 23.1 Å². The summed E-state index contributed by atoms with van der Waals surface area (Å²) in [6.07, 6.45) is 4.22. The van der Waals surface area contributed by atoms with Crippen LogP contribution in [0.25, 0.3) is 0 Å². The van der Waals surface area contributed by atoms with Crippen molar-refractivity contribution in [2.24, 2.45) is 11.1 Å². The Bertz CT molecular complexity index is 477.